The Bertz CT molecular complexity index is 1010. The Balaban J connectivity index is 1.81. The van der Waals surface area contributed by atoms with Gasteiger partial charge in [-0.15, -0.1) is 0 Å². The molecule has 9 heteroatoms. The van der Waals surface area contributed by atoms with Crippen LogP contribution < -0.4 is 4.74 Å². The van der Waals surface area contributed by atoms with E-state index in [4.69, 9.17) is 23.7 Å². The molecule has 182 valence electrons. The van der Waals surface area contributed by atoms with E-state index in [1.807, 2.05) is 55.5 Å². The highest BCUT2D eigenvalue weighted by molar-refractivity contribution is 7.99. The van der Waals surface area contributed by atoms with Gasteiger partial charge in [-0.2, -0.15) is 0 Å². The Morgan fingerprint density at radius 2 is 1.62 bits per heavy atom. The molecule has 34 heavy (non-hydrogen) atoms. The van der Waals surface area contributed by atoms with E-state index in [0.717, 1.165) is 9.79 Å². The number of para-hydroxylation sites is 1. The topological polar surface area (TPSA) is 97.4 Å². The van der Waals surface area contributed by atoms with Crippen LogP contribution >= 0.6 is 11.8 Å². The lowest BCUT2D eigenvalue weighted by Crippen LogP contribution is -2.54. The third-order valence-electron chi connectivity index (χ3n) is 4.91. The molecular formula is C25H28O8S. The standard InChI is InChI=1S/C25H28O8S/c1-15-9-11-19(12-10-15)34-23-8-6-5-7-20(23)32-24-13-21(30-17(3)27)25(31-18(4)28)22(33-24)14-29-16(2)26/h5-12,21-22,24-25H,13-14H2,1-4H3/t21-,22?,24-,25+/m1/s1. The van der Waals surface area contributed by atoms with Gasteiger partial charge in [-0.1, -0.05) is 41.6 Å². The lowest BCUT2D eigenvalue weighted by Gasteiger charge is -2.40. The summed E-state index contributed by atoms with van der Waals surface area (Å²) in [4.78, 5) is 36.7. The van der Waals surface area contributed by atoms with Crippen LogP contribution in [0, 0.1) is 6.92 Å². The van der Waals surface area contributed by atoms with Crippen LogP contribution in [-0.2, 0) is 33.3 Å². The van der Waals surface area contributed by atoms with Gasteiger partial charge < -0.3 is 23.7 Å². The predicted molar refractivity (Wildman–Crippen MR) is 123 cm³/mol. The second-order valence-corrected chi connectivity index (χ2v) is 8.96. The van der Waals surface area contributed by atoms with Crippen LogP contribution in [0.5, 0.6) is 5.75 Å². The van der Waals surface area contributed by atoms with Crippen LogP contribution in [-0.4, -0.2) is 49.1 Å². The summed E-state index contributed by atoms with van der Waals surface area (Å²) < 4.78 is 28.1. The van der Waals surface area contributed by atoms with E-state index in [0.29, 0.717) is 5.75 Å². The van der Waals surface area contributed by atoms with E-state index in [1.165, 1.54) is 26.3 Å². The molecule has 4 atom stereocenters. The maximum absolute atomic E-state index is 11.7. The first-order chi connectivity index (χ1) is 16.2. The minimum Gasteiger partial charge on any atom is -0.464 e. The summed E-state index contributed by atoms with van der Waals surface area (Å²) in [5.41, 5.74) is 1.17. The third kappa shape index (κ3) is 7.50. The minimum absolute atomic E-state index is 0.123. The molecule has 0 radical (unpaired) electrons. The predicted octanol–water partition coefficient (Wildman–Crippen LogP) is 4.07. The molecule has 8 nitrogen and oxygen atoms in total. The molecule has 1 unspecified atom stereocenters. The zero-order valence-electron chi connectivity index (χ0n) is 19.5. The van der Waals surface area contributed by atoms with Gasteiger partial charge in [-0.3, -0.25) is 14.4 Å². The highest BCUT2D eigenvalue weighted by atomic mass is 32.2. The number of aryl methyl sites for hydroxylation is 1. The average Bonchev–Trinajstić information content (AvgIpc) is 2.76. The second kappa shape index (κ2) is 11.9. The minimum atomic E-state index is -0.947. The molecule has 0 spiro atoms. The van der Waals surface area contributed by atoms with Crippen molar-refractivity contribution in [2.75, 3.05) is 6.61 Å². The summed E-state index contributed by atoms with van der Waals surface area (Å²) in [6.45, 7) is 5.62. The fourth-order valence-electron chi connectivity index (χ4n) is 3.48. The van der Waals surface area contributed by atoms with E-state index in [2.05, 4.69) is 0 Å². The van der Waals surface area contributed by atoms with Crippen LogP contribution in [0.2, 0.25) is 0 Å². The zero-order chi connectivity index (χ0) is 24.7. The van der Waals surface area contributed by atoms with Gasteiger partial charge in [0.15, 0.2) is 6.10 Å². The first kappa shape index (κ1) is 25.6. The first-order valence-electron chi connectivity index (χ1n) is 10.8. The number of carbonyl (C=O) groups is 3. The lowest BCUT2D eigenvalue weighted by molar-refractivity contribution is -0.246. The molecule has 0 bridgehead atoms. The quantitative estimate of drug-likeness (QED) is 0.402. The third-order valence-corrected chi connectivity index (χ3v) is 5.98. The second-order valence-electron chi connectivity index (χ2n) is 7.84. The molecule has 1 aliphatic heterocycles. The molecule has 0 amide bonds. The molecule has 0 saturated carbocycles. The van der Waals surface area contributed by atoms with Crippen molar-refractivity contribution in [2.24, 2.45) is 0 Å². The number of benzene rings is 2. The van der Waals surface area contributed by atoms with Gasteiger partial charge in [0.2, 0.25) is 6.29 Å². The van der Waals surface area contributed by atoms with Crippen LogP contribution in [0.15, 0.2) is 58.3 Å². The van der Waals surface area contributed by atoms with Crippen LogP contribution in [0.4, 0.5) is 0 Å². The summed E-state index contributed by atoms with van der Waals surface area (Å²) in [6, 6.07) is 15.6. The van der Waals surface area contributed by atoms with Crippen molar-refractivity contribution in [3.63, 3.8) is 0 Å². The maximum Gasteiger partial charge on any atom is 0.303 e. The van der Waals surface area contributed by atoms with Crippen molar-refractivity contribution in [1.82, 2.24) is 0 Å². The molecule has 1 aliphatic rings. The van der Waals surface area contributed by atoms with Crippen LogP contribution in [0.25, 0.3) is 0 Å². The summed E-state index contributed by atoms with van der Waals surface area (Å²) in [5, 5.41) is 0. The molecule has 0 aromatic heterocycles. The smallest absolute Gasteiger partial charge is 0.303 e. The molecule has 2 aromatic carbocycles. The van der Waals surface area contributed by atoms with Gasteiger partial charge in [0, 0.05) is 25.7 Å². The number of hydrogen-bond acceptors (Lipinski definition) is 9. The highest BCUT2D eigenvalue weighted by Gasteiger charge is 2.44. The number of hydrogen-bond donors (Lipinski definition) is 0. The number of carbonyl (C=O) groups excluding carboxylic acids is 3. The summed E-state index contributed by atoms with van der Waals surface area (Å²) in [5.74, 6) is -1.05. The first-order valence-corrected chi connectivity index (χ1v) is 11.7. The van der Waals surface area contributed by atoms with Crippen molar-refractivity contribution < 1.29 is 38.1 Å². The number of rotatable bonds is 8. The SMILES string of the molecule is CC(=O)OCC1O[C@@H](Oc2ccccc2Sc2ccc(C)cc2)C[C@@H](OC(C)=O)[C@@H]1OC(C)=O. The van der Waals surface area contributed by atoms with Crippen molar-refractivity contribution in [1.29, 1.82) is 0 Å². The molecular weight excluding hydrogens is 460 g/mol. The molecule has 1 saturated heterocycles. The van der Waals surface area contributed by atoms with Gasteiger partial charge in [0.25, 0.3) is 0 Å². The lowest BCUT2D eigenvalue weighted by atomic mass is 10.0. The molecule has 0 N–H and O–H groups in total. The average molecular weight is 489 g/mol. The van der Waals surface area contributed by atoms with E-state index in [9.17, 15) is 14.4 Å². The normalized spacial score (nSPS) is 21.9. The van der Waals surface area contributed by atoms with E-state index in [-0.39, 0.29) is 13.0 Å². The van der Waals surface area contributed by atoms with Crippen molar-refractivity contribution in [3.05, 3.63) is 54.1 Å². The van der Waals surface area contributed by atoms with E-state index < -0.39 is 42.5 Å². The van der Waals surface area contributed by atoms with Crippen molar-refractivity contribution >= 4 is 29.7 Å². The van der Waals surface area contributed by atoms with Gasteiger partial charge in [0.05, 0.1) is 11.3 Å². The summed E-state index contributed by atoms with van der Waals surface area (Å²) >= 11 is 1.54. The summed E-state index contributed by atoms with van der Waals surface area (Å²) in [7, 11) is 0. The van der Waals surface area contributed by atoms with Gasteiger partial charge in [-0.05, 0) is 31.2 Å². The molecule has 3 rings (SSSR count). The zero-order valence-corrected chi connectivity index (χ0v) is 20.3. The Morgan fingerprint density at radius 1 is 0.941 bits per heavy atom. The van der Waals surface area contributed by atoms with E-state index >= 15 is 0 Å². The fraction of sp³-hybridized carbons (Fsp3) is 0.400. The Hall–Kier alpha value is -3.04. The van der Waals surface area contributed by atoms with Gasteiger partial charge in [-0.25, -0.2) is 0 Å². The van der Waals surface area contributed by atoms with E-state index in [1.54, 1.807) is 11.8 Å². The Labute approximate surface area is 202 Å². The number of esters is 3. The van der Waals surface area contributed by atoms with Crippen molar-refractivity contribution in [2.45, 2.75) is 68.5 Å². The van der Waals surface area contributed by atoms with Gasteiger partial charge >= 0.3 is 17.9 Å². The maximum atomic E-state index is 11.7. The van der Waals surface area contributed by atoms with Crippen LogP contribution in [0.1, 0.15) is 32.8 Å². The molecule has 1 heterocycles. The summed E-state index contributed by atoms with van der Waals surface area (Å²) in [6.07, 6.45) is -3.38. The fourth-order valence-corrected chi connectivity index (χ4v) is 4.37. The Kier molecular flexibility index (Phi) is 8.95. The number of ether oxygens (including phenoxy) is 5. The van der Waals surface area contributed by atoms with Gasteiger partial charge in [0.1, 0.15) is 24.6 Å². The Morgan fingerprint density at radius 3 is 2.26 bits per heavy atom. The van der Waals surface area contributed by atoms with Crippen LogP contribution in [0.3, 0.4) is 0 Å². The molecule has 0 aliphatic carbocycles. The highest BCUT2D eigenvalue weighted by Crippen LogP contribution is 2.37. The molecule has 2 aromatic rings. The monoisotopic (exact) mass is 488 g/mol. The largest absolute Gasteiger partial charge is 0.464 e. The van der Waals surface area contributed by atoms with Crippen molar-refractivity contribution in [3.8, 4) is 5.75 Å². The molecule has 1 fully saturated rings.